The van der Waals surface area contributed by atoms with Gasteiger partial charge in [-0.1, -0.05) is 19.4 Å². The Balaban J connectivity index is 2.38. The minimum absolute atomic E-state index is 0.130. The zero-order valence-electron chi connectivity index (χ0n) is 10.6. The highest BCUT2D eigenvalue weighted by molar-refractivity contribution is 5.94. The van der Waals surface area contributed by atoms with E-state index < -0.39 is 12.0 Å². The van der Waals surface area contributed by atoms with Crippen molar-refractivity contribution < 1.29 is 15.0 Å². The SMILES string of the molecule is CCCC(Nc1nccc2ccc(O)cc12)C(=O)O. The molecular formula is C14H16N2O3. The number of nitrogens with one attached hydrogen (secondary N) is 1. The summed E-state index contributed by atoms with van der Waals surface area (Å²) in [4.78, 5) is 15.3. The van der Waals surface area contributed by atoms with E-state index in [1.165, 1.54) is 0 Å². The number of nitrogens with zero attached hydrogens (tertiary/aromatic N) is 1. The number of carbonyl (C=O) groups is 1. The summed E-state index contributed by atoms with van der Waals surface area (Å²) in [6, 6.07) is 6.08. The molecule has 100 valence electrons. The molecule has 0 aliphatic heterocycles. The summed E-state index contributed by atoms with van der Waals surface area (Å²) in [5, 5.41) is 23.2. The van der Waals surface area contributed by atoms with Crippen molar-refractivity contribution in [2.75, 3.05) is 5.32 Å². The predicted octanol–water partition coefficient (Wildman–Crippen LogP) is 2.61. The summed E-state index contributed by atoms with van der Waals surface area (Å²) < 4.78 is 0. The zero-order chi connectivity index (χ0) is 13.8. The van der Waals surface area contributed by atoms with Gasteiger partial charge in [-0.05, 0) is 30.0 Å². The fourth-order valence-corrected chi connectivity index (χ4v) is 1.98. The maximum Gasteiger partial charge on any atom is 0.326 e. The molecule has 2 aromatic rings. The Morgan fingerprint density at radius 2 is 2.21 bits per heavy atom. The number of rotatable bonds is 5. The number of fused-ring (bicyclic) bond motifs is 1. The number of phenolic OH excluding ortho intramolecular Hbond substituents is 1. The molecule has 0 fully saturated rings. The largest absolute Gasteiger partial charge is 0.508 e. The Kier molecular flexibility index (Phi) is 3.85. The predicted molar refractivity (Wildman–Crippen MR) is 73.4 cm³/mol. The van der Waals surface area contributed by atoms with Gasteiger partial charge in [0.25, 0.3) is 0 Å². The van der Waals surface area contributed by atoms with Crippen LogP contribution in [0.25, 0.3) is 10.8 Å². The summed E-state index contributed by atoms with van der Waals surface area (Å²) in [6.07, 6.45) is 2.90. The van der Waals surface area contributed by atoms with Gasteiger partial charge in [0, 0.05) is 11.6 Å². The second-order valence-corrected chi connectivity index (χ2v) is 4.39. The van der Waals surface area contributed by atoms with Crippen LogP contribution in [0.2, 0.25) is 0 Å². The molecule has 3 N–H and O–H groups in total. The van der Waals surface area contributed by atoms with Crippen molar-refractivity contribution in [1.29, 1.82) is 0 Å². The van der Waals surface area contributed by atoms with Gasteiger partial charge in [0.15, 0.2) is 0 Å². The molecule has 1 atom stereocenters. The number of phenols is 1. The van der Waals surface area contributed by atoms with E-state index >= 15 is 0 Å². The second-order valence-electron chi connectivity index (χ2n) is 4.39. The molecule has 0 saturated heterocycles. The first-order valence-corrected chi connectivity index (χ1v) is 6.19. The fraction of sp³-hybridized carbons (Fsp3) is 0.286. The van der Waals surface area contributed by atoms with Gasteiger partial charge in [-0.2, -0.15) is 0 Å². The lowest BCUT2D eigenvalue weighted by molar-refractivity contribution is -0.138. The minimum atomic E-state index is -0.902. The van der Waals surface area contributed by atoms with Gasteiger partial charge in [0.2, 0.25) is 0 Å². The molecule has 5 nitrogen and oxygen atoms in total. The fourth-order valence-electron chi connectivity index (χ4n) is 1.98. The van der Waals surface area contributed by atoms with Gasteiger partial charge in [-0.15, -0.1) is 0 Å². The third-order valence-corrected chi connectivity index (χ3v) is 2.94. The van der Waals surface area contributed by atoms with Crippen LogP contribution in [-0.2, 0) is 4.79 Å². The van der Waals surface area contributed by atoms with Crippen LogP contribution < -0.4 is 5.32 Å². The molecule has 19 heavy (non-hydrogen) atoms. The van der Waals surface area contributed by atoms with E-state index in [1.54, 1.807) is 24.4 Å². The molecule has 1 aromatic carbocycles. The Bertz CT molecular complexity index is 598. The summed E-state index contributed by atoms with van der Waals surface area (Å²) >= 11 is 0. The van der Waals surface area contributed by atoms with E-state index in [2.05, 4.69) is 10.3 Å². The van der Waals surface area contributed by atoms with Crippen LogP contribution in [-0.4, -0.2) is 27.2 Å². The summed E-state index contributed by atoms with van der Waals surface area (Å²) in [6.45, 7) is 1.93. The van der Waals surface area contributed by atoms with Crippen LogP contribution in [0.5, 0.6) is 5.75 Å². The Morgan fingerprint density at radius 1 is 1.42 bits per heavy atom. The van der Waals surface area contributed by atoms with Crippen molar-refractivity contribution in [3.8, 4) is 5.75 Å². The highest BCUT2D eigenvalue weighted by atomic mass is 16.4. The summed E-state index contributed by atoms with van der Waals surface area (Å²) in [7, 11) is 0. The standard InChI is InChI=1S/C14H16N2O3/c1-2-3-12(14(18)19)16-13-11-8-10(17)5-4-9(11)6-7-15-13/h4-8,12,17H,2-3H2,1H3,(H,15,16)(H,18,19). The van der Waals surface area contributed by atoms with Crippen LogP contribution in [0.4, 0.5) is 5.82 Å². The highest BCUT2D eigenvalue weighted by Gasteiger charge is 2.17. The highest BCUT2D eigenvalue weighted by Crippen LogP contribution is 2.25. The van der Waals surface area contributed by atoms with Crippen LogP contribution >= 0.6 is 0 Å². The molecule has 1 aromatic heterocycles. The van der Waals surface area contributed by atoms with E-state index in [4.69, 9.17) is 5.11 Å². The molecule has 0 spiro atoms. The first kappa shape index (κ1) is 13.1. The average Bonchev–Trinajstić information content (AvgIpc) is 2.38. The van der Waals surface area contributed by atoms with E-state index in [1.807, 2.05) is 13.0 Å². The lowest BCUT2D eigenvalue weighted by Crippen LogP contribution is -2.29. The van der Waals surface area contributed by atoms with E-state index in [-0.39, 0.29) is 5.75 Å². The quantitative estimate of drug-likeness (QED) is 0.769. The monoisotopic (exact) mass is 260 g/mol. The smallest absolute Gasteiger partial charge is 0.326 e. The third kappa shape index (κ3) is 2.93. The number of hydrogen-bond acceptors (Lipinski definition) is 4. The van der Waals surface area contributed by atoms with Crippen molar-refractivity contribution in [3.05, 3.63) is 30.5 Å². The molecule has 0 saturated carbocycles. The first-order chi connectivity index (χ1) is 9.11. The lowest BCUT2D eigenvalue weighted by Gasteiger charge is -2.15. The lowest BCUT2D eigenvalue weighted by atomic mass is 10.1. The number of hydrogen-bond donors (Lipinski definition) is 3. The number of aromatic nitrogens is 1. The molecule has 2 rings (SSSR count). The number of carboxylic acids is 1. The Hall–Kier alpha value is -2.30. The van der Waals surface area contributed by atoms with Crippen LogP contribution in [0.15, 0.2) is 30.5 Å². The van der Waals surface area contributed by atoms with Crippen LogP contribution in [0.3, 0.4) is 0 Å². The normalized spacial score (nSPS) is 12.3. The zero-order valence-corrected chi connectivity index (χ0v) is 10.6. The number of aliphatic carboxylic acids is 1. The maximum absolute atomic E-state index is 11.2. The van der Waals surface area contributed by atoms with E-state index in [9.17, 15) is 9.90 Å². The topological polar surface area (TPSA) is 82.5 Å². The van der Waals surface area contributed by atoms with Crippen molar-refractivity contribution in [2.24, 2.45) is 0 Å². The molecule has 0 amide bonds. The first-order valence-electron chi connectivity index (χ1n) is 6.19. The van der Waals surface area contributed by atoms with Crippen LogP contribution in [0.1, 0.15) is 19.8 Å². The molecule has 0 radical (unpaired) electrons. The maximum atomic E-state index is 11.2. The molecule has 1 unspecified atom stereocenters. The van der Waals surface area contributed by atoms with E-state index in [0.29, 0.717) is 17.6 Å². The molecular weight excluding hydrogens is 244 g/mol. The molecule has 0 aliphatic carbocycles. The summed E-state index contributed by atoms with van der Waals surface area (Å²) in [5.41, 5.74) is 0. The van der Waals surface area contributed by atoms with Gasteiger partial charge in [0.05, 0.1) is 0 Å². The second kappa shape index (κ2) is 5.56. The number of carboxylic acid groups (broad SMARTS) is 1. The molecule has 5 heteroatoms. The van der Waals surface area contributed by atoms with E-state index in [0.717, 1.165) is 11.8 Å². The number of anilines is 1. The van der Waals surface area contributed by atoms with Gasteiger partial charge in [-0.25, -0.2) is 9.78 Å². The third-order valence-electron chi connectivity index (χ3n) is 2.94. The van der Waals surface area contributed by atoms with Gasteiger partial charge in [-0.3, -0.25) is 0 Å². The Labute approximate surface area is 110 Å². The average molecular weight is 260 g/mol. The number of benzene rings is 1. The van der Waals surface area contributed by atoms with Gasteiger partial charge in [0.1, 0.15) is 17.6 Å². The van der Waals surface area contributed by atoms with Crippen molar-refractivity contribution >= 4 is 22.6 Å². The Morgan fingerprint density at radius 3 is 2.89 bits per heavy atom. The van der Waals surface area contributed by atoms with Gasteiger partial charge >= 0.3 is 5.97 Å². The molecule has 0 aliphatic rings. The van der Waals surface area contributed by atoms with Crippen molar-refractivity contribution in [1.82, 2.24) is 4.98 Å². The minimum Gasteiger partial charge on any atom is -0.508 e. The van der Waals surface area contributed by atoms with Crippen molar-refractivity contribution in [3.63, 3.8) is 0 Å². The van der Waals surface area contributed by atoms with Gasteiger partial charge < -0.3 is 15.5 Å². The number of pyridine rings is 1. The summed E-state index contributed by atoms with van der Waals surface area (Å²) in [5.74, 6) is -0.291. The number of aromatic hydroxyl groups is 1. The molecule has 0 bridgehead atoms. The molecule has 1 heterocycles. The van der Waals surface area contributed by atoms with Crippen LogP contribution in [0, 0.1) is 0 Å². The van der Waals surface area contributed by atoms with Crippen molar-refractivity contribution in [2.45, 2.75) is 25.8 Å².